The lowest BCUT2D eigenvalue weighted by Gasteiger charge is -2.29. The van der Waals surface area contributed by atoms with E-state index in [0.29, 0.717) is 17.1 Å². The monoisotopic (exact) mass is 334 g/mol. The zero-order chi connectivity index (χ0) is 17.4. The van der Waals surface area contributed by atoms with Crippen LogP contribution in [0.15, 0.2) is 9.59 Å². The molecule has 1 N–H and O–H groups in total. The van der Waals surface area contributed by atoms with Crippen molar-refractivity contribution in [2.75, 3.05) is 31.1 Å². The minimum absolute atomic E-state index is 0.272. The van der Waals surface area contributed by atoms with Crippen molar-refractivity contribution in [2.24, 2.45) is 20.0 Å². The van der Waals surface area contributed by atoms with Gasteiger partial charge in [0.05, 0.1) is 0 Å². The average molecular weight is 334 g/mol. The van der Waals surface area contributed by atoms with Crippen molar-refractivity contribution in [1.82, 2.24) is 24.0 Å². The second-order valence-electron chi connectivity index (χ2n) is 6.86. The van der Waals surface area contributed by atoms with Crippen LogP contribution in [0.25, 0.3) is 11.2 Å². The largest absolute Gasteiger partial charge is 0.340 e. The van der Waals surface area contributed by atoms with E-state index in [2.05, 4.69) is 29.0 Å². The fraction of sp³-hybridized carbons (Fsp3) is 0.688. The number of nitrogens with zero attached hydrogens (tertiary/aromatic N) is 5. The Labute approximate surface area is 140 Å². The molecular formula is C16H26N6O2. The summed E-state index contributed by atoms with van der Waals surface area (Å²) in [5, 5.41) is 3.33. The summed E-state index contributed by atoms with van der Waals surface area (Å²) in [6.07, 6.45) is 0.955. The van der Waals surface area contributed by atoms with E-state index >= 15 is 0 Å². The molecular weight excluding hydrogens is 308 g/mol. The minimum atomic E-state index is -0.340. The molecule has 3 rings (SSSR count). The van der Waals surface area contributed by atoms with Gasteiger partial charge in [0.25, 0.3) is 5.56 Å². The zero-order valence-electron chi connectivity index (χ0n) is 14.9. The number of hydrogen-bond donors (Lipinski definition) is 1. The van der Waals surface area contributed by atoms with Crippen molar-refractivity contribution in [3.8, 4) is 0 Å². The molecule has 0 bridgehead atoms. The Morgan fingerprint density at radius 3 is 2.42 bits per heavy atom. The topological polar surface area (TPSA) is 77.1 Å². The van der Waals surface area contributed by atoms with Gasteiger partial charge >= 0.3 is 5.69 Å². The second kappa shape index (κ2) is 6.43. The van der Waals surface area contributed by atoms with E-state index in [1.807, 2.05) is 4.57 Å². The van der Waals surface area contributed by atoms with Gasteiger partial charge in [-0.25, -0.2) is 4.79 Å². The van der Waals surface area contributed by atoms with Crippen LogP contribution in [0.1, 0.15) is 20.3 Å². The second-order valence-corrected chi connectivity index (χ2v) is 6.86. The lowest BCUT2D eigenvalue weighted by atomic mass is 10.1. The SMILES string of the molecule is CC(C)CCn1c(N2CCNCC2)nc2c1c(=O)n(C)c(=O)n2C. The number of piperazine rings is 1. The highest BCUT2D eigenvalue weighted by molar-refractivity contribution is 5.74. The third-order valence-corrected chi connectivity index (χ3v) is 4.66. The summed E-state index contributed by atoms with van der Waals surface area (Å²) in [6, 6.07) is 0. The van der Waals surface area contributed by atoms with Gasteiger partial charge in [0.15, 0.2) is 11.2 Å². The highest BCUT2D eigenvalue weighted by atomic mass is 16.2. The van der Waals surface area contributed by atoms with E-state index in [1.54, 1.807) is 7.05 Å². The fourth-order valence-corrected chi connectivity index (χ4v) is 3.14. The first kappa shape index (κ1) is 16.8. The number of fused-ring (bicyclic) bond motifs is 1. The summed E-state index contributed by atoms with van der Waals surface area (Å²) in [4.78, 5) is 31.8. The van der Waals surface area contributed by atoms with Crippen LogP contribution >= 0.6 is 0 Å². The summed E-state index contributed by atoms with van der Waals surface area (Å²) >= 11 is 0. The molecule has 132 valence electrons. The first-order chi connectivity index (χ1) is 11.4. The van der Waals surface area contributed by atoms with Gasteiger partial charge in [0.2, 0.25) is 5.95 Å². The number of rotatable bonds is 4. The van der Waals surface area contributed by atoms with Gasteiger partial charge in [-0.1, -0.05) is 13.8 Å². The minimum Gasteiger partial charge on any atom is -0.340 e. The van der Waals surface area contributed by atoms with Crippen molar-refractivity contribution in [2.45, 2.75) is 26.8 Å². The number of nitrogens with one attached hydrogen (secondary N) is 1. The normalized spacial score (nSPS) is 15.6. The lowest BCUT2D eigenvalue weighted by Crippen LogP contribution is -2.44. The molecule has 24 heavy (non-hydrogen) atoms. The number of hydrogen-bond acceptors (Lipinski definition) is 5. The number of aromatic nitrogens is 4. The van der Waals surface area contributed by atoms with E-state index in [1.165, 1.54) is 11.6 Å². The van der Waals surface area contributed by atoms with Gasteiger partial charge in [-0.15, -0.1) is 0 Å². The molecule has 1 saturated heterocycles. The maximum absolute atomic E-state index is 12.7. The molecule has 0 saturated carbocycles. The summed E-state index contributed by atoms with van der Waals surface area (Å²) < 4.78 is 4.63. The van der Waals surface area contributed by atoms with Crippen LogP contribution in [0, 0.1) is 5.92 Å². The van der Waals surface area contributed by atoms with Crippen molar-refractivity contribution in [3.63, 3.8) is 0 Å². The van der Waals surface area contributed by atoms with Gasteiger partial charge < -0.3 is 14.8 Å². The van der Waals surface area contributed by atoms with Crippen molar-refractivity contribution >= 4 is 17.1 Å². The van der Waals surface area contributed by atoms with E-state index < -0.39 is 0 Å². The number of aryl methyl sites for hydroxylation is 2. The molecule has 2 aromatic rings. The third-order valence-electron chi connectivity index (χ3n) is 4.66. The van der Waals surface area contributed by atoms with E-state index in [0.717, 1.165) is 49.7 Å². The van der Waals surface area contributed by atoms with Gasteiger partial charge in [-0.05, 0) is 12.3 Å². The molecule has 0 atom stereocenters. The third kappa shape index (κ3) is 2.75. The molecule has 8 heteroatoms. The smallest absolute Gasteiger partial charge is 0.332 e. The highest BCUT2D eigenvalue weighted by Gasteiger charge is 2.23. The molecule has 0 aromatic carbocycles. The maximum Gasteiger partial charge on any atom is 0.332 e. The van der Waals surface area contributed by atoms with Gasteiger partial charge in [-0.2, -0.15) is 4.98 Å². The van der Waals surface area contributed by atoms with Crippen LogP contribution in [-0.4, -0.2) is 44.9 Å². The quantitative estimate of drug-likeness (QED) is 0.844. The molecule has 8 nitrogen and oxygen atoms in total. The van der Waals surface area contributed by atoms with Crippen LogP contribution in [0.2, 0.25) is 0 Å². The Morgan fingerprint density at radius 1 is 1.12 bits per heavy atom. The van der Waals surface area contributed by atoms with Crippen molar-refractivity contribution < 1.29 is 0 Å². The molecule has 0 spiro atoms. The predicted octanol–water partition coefficient (Wildman–Crippen LogP) is -0.111. The average Bonchev–Trinajstić information content (AvgIpc) is 2.96. The molecule has 0 amide bonds. The van der Waals surface area contributed by atoms with E-state index in [4.69, 9.17) is 0 Å². The van der Waals surface area contributed by atoms with E-state index in [9.17, 15) is 9.59 Å². The fourth-order valence-electron chi connectivity index (χ4n) is 3.14. The lowest BCUT2D eigenvalue weighted by molar-refractivity contribution is 0.510. The van der Waals surface area contributed by atoms with Crippen LogP contribution in [-0.2, 0) is 20.6 Å². The van der Waals surface area contributed by atoms with E-state index in [-0.39, 0.29) is 11.2 Å². The number of imidazole rings is 1. The summed E-state index contributed by atoms with van der Waals surface area (Å²) in [6.45, 7) is 8.53. The summed E-state index contributed by atoms with van der Waals surface area (Å²) in [5.74, 6) is 1.32. The van der Waals surface area contributed by atoms with Crippen LogP contribution in [0.4, 0.5) is 5.95 Å². The molecule has 2 aromatic heterocycles. The van der Waals surface area contributed by atoms with Gasteiger partial charge in [0, 0.05) is 46.8 Å². The zero-order valence-corrected chi connectivity index (χ0v) is 14.9. The summed E-state index contributed by atoms with van der Waals surface area (Å²) in [5.41, 5.74) is 0.382. The molecule has 1 aliphatic heterocycles. The Morgan fingerprint density at radius 2 is 1.79 bits per heavy atom. The Balaban J connectivity index is 2.24. The summed E-state index contributed by atoms with van der Waals surface area (Å²) in [7, 11) is 3.19. The molecule has 0 aliphatic carbocycles. The van der Waals surface area contributed by atoms with Gasteiger partial charge in [-0.3, -0.25) is 13.9 Å². The molecule has 1 fully saturated rings. The molecule has 3 heterocycles. The molecule has 0 unspecified atom stereocenters. The Kier molecular flexibility index (Phi) is 4.49. The molecule has 0 radical (unpaired) electrons. The highest BCUT2D eigenvalue weighted by Crippen LogP contribution is 2.21. The molecule has 1 aliphatic rings. The van der Waals surface area contributed by atoms with Crippen molar-refractivity contribution in [3.05, 3.63) is 20.8 Å². The first-order valence-corrected chi connectivity index (χ1v) is 8.53. The Bertz CT molecular complexity index is 854. The van der Waals surface area contributed by atoms with Crippen LogP contribution < -0.4 is 21.5 Å². The van der Waals surface area contributed by atoms with Crippen molar-refractivity contribution in [1.29, 1.82) is 0 Å². The van der Waals surface area contributed by atoms with Crippen LogP contribution in [0.5, 0.6) is 0 Å². The first-order valence-electron chi connectivity index (χ1n) is 8.53. The predicted molar refractivity (Wildman–Crippen MR) is 94.8 cm³/mol. The Hall–Kier alpha value is -2.09. The van der Waals surface area contributed by atoms with Gasteiger partial charge in [0.1, 0.15) is 0 Å². The number of anilines is 1. The van der Waals surface area contributed by atoms with Crippen LogP contribution in [0.3, 0.4) is 0 Å². The standard InChI is InChI=1S/C16H26N6O2/c1-11(2)5-8-22-12-13(19(3)16(24)20(4)14(12)23)18-15(22)21-9-6-17-7-10-21/h11,17H,5-10H2,1-4H3. The maximum atomic E-state index is 12.7.